The van der Waals surface area contributed by atoms with Gasteiger partial charge < -0.3 is 26.1 Å². The highest BCUT2D eigenvalue weighted by molar-refractivity contribution is 5.91. The summed E-state index contributed by atoms with van der Waals surface area (Å²) in [7, 11) is 0. The maximum Gasteiger partial charge on any atom is 0.350 e. The largest absolute Gasteiger partial charge is 0.487 e. The van der Waals surface area contributed by atoms with Crippen LogP contribution in [0.2, 0.25) is 0 Å². The van der Waals surface area contributed by atoms with Crippen LogP contribution in [0.4, 0.5) is 10.1 Å². The van der Waals surface area contributed by atoms with Gasteiger partial charge in [-0.25, -0.2) is 15.8 Å². The fourth-order valence-corrected chi connectivity index (χ4v) is 4.15. The summed E-state index contributed by atoms with van der Waals surface area (Å²) in [6, 6.07) is 0.476. The average molecular weight is 388 g/mol. The van der Waals surface area contributed by atoms with E-state index in [4.69, 9.17) is 22.9 Å². The van der Waals surface area contributed by atoms with Crippen molar-refractivity contribution in [2.45, 2.75) is 25.4 Å². The first-order valence-corrected chi connectivity index (χ1v) is 9.10. The monoisotopic (exact) mass is 388 g/mol. The lowest BCUT2D eigenvalue weighted by atomic mass is 10.00. The van der Waals surface area contributed by atoms with Crippen molar-refractivity contribution in [3.63, 3.8) is 0 Å². The van der Waals surface area contributed by atoms with Gasteiger partial charge in [-0.2, -0.15) is 4.68 Å². The zero-order chi connectivity index (χ0) is 20.2. The molecule has 1 fully saturated rings. The van der Waals surface area contributed by atoms with Gasteiger partial charge >= 0.3 is 5.69 Å². The van der Waals surface area contributed by atoms with Gasteiger partial charge in [-0.3, -0.25) is 9.36 Å². The van der Waals surface area contributed by atoms with E-state index >= 15 is 4.39 Å². The molecule has 4 rings (SSSR count). The van der Waals surface area contributed by atoms with Crippen molar-refractivity contribution in [2.24, 2.45) is 11.7 Å². The van der Waals surface area contributed by atoms with Gasteiger partial charge in [-0.05, 0) is 19.4 Å². The van der Waals surface area contributed by atoms with E-state index in [9.17, 15) is 9.59 Å². The molecule has 0 aliphatic carbocycles. The molecule has 10 heteroatoms. The predicted molar refractivity (Wildman–Crippen MR) is 103 cm³/mol. The number of anilines is 1. The van der Waals surface area contributed by atoms with Gasteiger partial charge in [-0.1, -0.05) is 0 Å². The topological polar surface area (TPSA) is 113 Å². The van der Waals surface area contributed by atoms with Gasteiger partial charge in [0.25, 0.3) is 5.56 Å². The third-order valence-corrected chi connectivity index (χ3v) is 5.64. The van der Waals surface area contributed by atoms with E-state index in [1.54, 1.807) is 6.92 Å². The zero-order valence-corrected chi connectivity index (χ0v) is 15.4. The zero-order valence-electron chi connectivity index (χ0n) is 15.4. The molecule has 148 valence electrons. The summed E-state index contributed by atoms with van der Waals surface area (Å²) >= 11 is 0. The molecular formula is C18H21FN6O3. The van der Waals surface area contributed by atoms with E-state index in [-0.39, 0.29) is 53.5 Å². The number of aromatic nitrogens is 2. The van der Waals surface area contributed by atoms with E-state index in [2.05, 4.69) is 4.85 Å². The van der Waals surface area contributed by atoms with Crippen LogP contribution in [0.3, 0.4) is 0 Å². The molecule has 3 heterocycles. The van der Waals surface area contributed by atoms with Crippen molar-refractivity contribution in [3.8, 4) is 5.75 Å². The second-order valence-electron chi connectivity index (χ2n) is 7.42. The Morgan fingerprint density at radius 3 is 2.93 bits per heavy atom. The summed E-state index contributed by atoms with van der Waals surface area (Å²) < 4.78 is 22.8. The number of ether oxygens (including phenoxy) is 1. The molecule has 4 N–H and O–H groups in total. The molecule has 0 radical (unpaired) electrons. The van der Waals surface area contributed by atoms with Gasteiger partial charge in [0, 0.05) is 19.0 Å². The molecule has 0 amide bonds. The van der Waals surface area contributed by atoms with Crippen LogP contribution in [0.5, 0.6) is 5.75 Å². The SMILES string of the molecule is [C-]#[N+]CC(N)C1CCN(c2c(F)cc3c(=O)n(N)c(=O)n4c3c2OC[C@@H]4C)C1. The number of hydrogen-bond donors (Lipinski definition) is 2. The Balaban J connectivity index is 1.90. The minimum Gasteiger partial charge on any atom is -0.487 e. The first-order valence-electron chi connectivity index (χ1n) is 9.10. The molecule has 1 saturated heterocycles. The number of nitrogens with zero attached hydrogens (tertiary/aromatic N) is 4. The molecule has 0 bridgehead atoms. The van der Waals surface area contributed by atoms with E-state index in [1.165, 1.54) is 4.57 Å². The summed E-state index contributed by atoms with van der Waals surface area (Å²) in [4.78, 5) is 30.2. The minimum absolute atomic E-state index is 0.00496. The summed E-state index contributed by atoms with van der Waals surface area (Å²) in [5.41, 5.74) is 5.13. The van der Waals surface area contributed by atoms with Crippen LogP contribution >= 0.6 is 0 Å². The van der Waals surface area contributed by atoms with Crippen molar-refractivity contribution in [1.29, 1.82) is 0 Å². The van der Waals surface area contributed by atoms with Gasteiger partial charge in [-0.15, -0.1) is 0 Å². The van der Waals surface area contributed by atoms with Crippen LogP contribution < -0.4 is 32.5 Å². The van der Waals surface area contributed by atoms with Crippen LogP contribution in [0, 0.1) is 18.3 Å². The first-order chi connectivity index (χ1) is 13.3. The summed E-state index contributed by atoms with van der Waals surface area (Å²) in [5, 5.41) is 0.00496. The second kappa shape index (κ2) is 6.53. The minimum atomic E-state index is -0.765. The molecule has 2 aliphatic heterocycles. The highest BCUT2D eigenvalue weighted by Crippen LogP contribution is 2.42. The normalized spacial score (nSPS) is 22.1. The van der Waals surface area contributed by atoms with Crippen molar-refractivity contribution >= 4 is 16.6 Å². The fourth-order valence-electron chi connectivity index (χ4n) is 4.15. The van der Waals surface area contributed by atoms with Crippen molar-refractivity contribution in [2.75, 3.05) is 37.0 Å². The summed E-state index contributed by atoms with van der Waals surface area (Å²) in [6.45, 7) is 10.2. The quantitative estimate of drug-likeness (QED) is 0.567. The van der Waals surface area contributed by atoms with Gasteiger partial charge in [0.1, 0.15) is 17.8 Å². The molecule has 1 aromatic carbocycles. The Labute approximate surface area is 159 Å². The van der Waals surface area contributed by atoms with Crippen LogP contribution in [0.15, 0.2) is 15.7 Å². The second-order valence-corrected chi connectivity index (χ2v) is 7.42. The van der Waals surface area contributed by atoms with Crippen molar-refractivity contribution < 1.29 is 9.13 Å². The molecule has 2 aliphatic rings. The lowest BCUT2D eigenvalue weighted by Gasteiger charge is -2.30. The van der Waals surface area contributed by atoms with E-state index in [1.807, 2.05) is 4.90 Å². The van der Waals surface area contributed by atoms with E-state index in [0.717, 1.165) is 12.5 Å². The van der Waals surface area contributed by atoms with E-state index in [0.29, 0.717) is 17.8 Å². The lowest BCUT2D eigenvalue weighted by Crippen LogP contribution is -2.47. The molecule has 0 spiro atoms. The number of halogens is 1. The number of nitrogen functional groups attached to an aromatic ring is 1. The highest BCUT2D eigenvalue weighted by atomic mass is 19.1. The molecule has 9 nitrogen and oxygen atoms in total. The Bertz CT molecular complexity index is 1120. The molecule has 0 saturated carbocycles. The highest BCUT2D eigenvalue weighted by Gasteiger charge is 2.35. The smallest absolute Gasteiger partial charge is 0.350 e. The maximum atomic E-state index is 15.1. The lowest BCUT2D eigenvalue weighted by molar-refractivity contribution is 0.241. The van der Waals surface area contributed by atoms with Crippen LogP contribution in [0.1, 0.15) is 19.4 Å². The van der Waals surface area contributed by atoms with Crippen molar-refractivity contribution in [3.05, 3.63) is 44.1 Å². The van der Waals surface area contributed by atoms with Crippen LogP contribution in [0.25, 0.3) is 15.7 Å². The third-order valence-electron chi connectivity index (χ3n) is 5.64. The standard InChI is InChI=1S/C18H21FN6O3/c1-9-8-28-16-14-11(17(26)25(21)18(27)24(9)14)5-12(19)15(16)23-4-3-10(7-23)13(20)6-22-2/h5,9-10,13H,3-4,6-8,20-21H2,1H3/t9-,10?,13?/m0/s1. The third kappa shape index (κ3) is 2.54. The van der Waals surface area contributed by atoms with Crippen LogP contribution in [-0.2, 0) is 0 Å². The van der Waals surface area contributed by atoms with Crippen molar-refractivity contribution in [1.82, 2.24) is 9.24 Å². The van der Waals surface area contributed by atoms with Gasteiger partial charge in [0.15, 0.2) is 11.6 Å². The first kappa shape index (κ1) is 18.3. The summed E-state index contributed by atoms with van der Waals surface area (Å²) in [5.74, 6) is 5.23. The summed E-state index contributed by atoms with van der Waals surface area (Å²) in [6.07, 6.45) is 0.723. The van der Waals surface area contributed by atoms with Crippen LogP contribution in [-0.4, -0.2) is 41.5 Å². The molecule has 28 heavy (non-hydrogen) atoms. The number of hydrogen-bond acceptors (Lipinski definition) is 6. The van der Waals surface area contributed by atoms with Gasteiger partial charge in [0.05, 0.1) is 17.5 Å². The number of nitrogens with two attached hydrogens (primary N) is 2. The maximum absolute atomic E-state index is 15.1. The predicted octanol–water partition coefficient (Wildman–Crippen LogP) is 0.0424. The Morgan fingerprint density at radius 2 is 2.21 bits per heavy atom. The Kier molecular flexibility index (Phi) is 4.27. The van der Waals surface area contributed by atoms with Gasteiger partial charge in [0.2, 0.25) is 6.54 Å². The Hall–Kier alpha value is -3.06. The number of benzene rings is 1. The average Bonchev–Trinajstić information content (AvgIpc) is 3.14. The molecule has 2 aromatic rings. The molecule has 2 unspecified atom stereocenters. The Morgan fingerprint density at radius 1 is 1.46 bits per heavy atom. The number of rotatable bonds is 3. The fraction of sp³-hybridized carbons (Fsp3) is 0.500. The molecule has 3 atom stereocenters. The molecule has 1 aromatic heterocycles. The molecular weight excluding hydrogens is 367 g/mol. The van der Waals surface area contributed by atoms with E-state index < -0.39 is 17.1 Å².